The first-order valence-corrected chi connectivity index (χ1v) is 10.8. The number of likely N-dealkylation sites (tertiary alicyclic amines) is 1. The van der Waals surface area contributed by atoms with Crippen molar-refractivity contribution in [1.82, 2.24) is 14.7 Å². The van der Waals surface area contributed by atoms with Gasteiger partial charge in [-0.2, -0.15) is 5.10 Å². The highest BCUT2D eigenvalue weighted by Gasteiger charge is 2.33. The molecule has 1 aliphatic heterocycles. The van der Waals surface area contributed by atoms with E-state index in [9.17, 15) is 15.0 Å². The van der Waals surface area contributed by atoms with E-state index in [1.807, 2.05) is 29.6 Å². The fourth-order valence-corrected chi connectivity index (χ4v) is 4.42. The average Bonchev–Trinajstić information content (AvgIpc) is 3.28. The zero-order chi connectivity index (χ0) is 21.1. The number of benzene rings is 1. The highest BCUT2D eigenvalue weighted by molar-refractivity contribution is 7.13. The van der Waals surface area contributed by atoms with Crippen molar-refractivity contribution >= 4 is 11.3 Å². The van der Waals surface area contributed by atoms with Crippen molar-refractivity contribution in [2.75, 3.05) is 20.2 Å². The lowest BCUT2D eigenvalue weighted by Gasteiger charge is -2.38. The van der Waals surface area contributed by atoms with E-state index < -0.39 is 5.60 Å². The van der Waals surface area contributed by atoms with Gasteiger partial charge in [0.05, 0.1) is 24.1 Å². The predicted octanol–water partition coefficient (Wildman–Crippen LogP) is 2.71. The lowest BCUT2D eigenvalue weighted by molar-refractivity contribution is -0.0390. The molecule has 7 nitrogen and oxygen atoms in total. The van der Waals surface area contributed by atoms with E-state index in [-0.39, 0.29) is 17.9 Å². The van der Waals surface area contributed by atoms with Gasteiger partial charge in [0.2, 0.25) is 0 Å². The van der Waals surface area contributed by atoms with E-state index in [0.717, 1.165) is 16.1 Å². The lowest BCUT2D eigenvalue weighted by atomic mass is 9.91. The number of hydrogen-bond donors (Lipinski definition) is 2. The molecule has 2 aromatic heterocycles. The van der Waals surface area contributed by atoms with Crippen LogP contribution in [0.15, 0.2) is 52.6 Å². The molecule has 0 saturated carbocycles. The largest absolute Gasteiger partial charge is 0.507 e. The van der Waals surface area contributed by atoms with E-state index in [2.05, 4.69) is 10.00 Å². The SMILES string of the molecule is COc1ccc(CN2CCC(O)(Cn3nc(-c4cccs4)ccc3=O)CC2)c(O)c1. The summed E-state index contributed by atoms with van der Waals surface area (Å²) in [5.74, 6) is 0.823. The van der Waals surface area contributed by atoms with Gasteiger partial charge >= 0.3 is 0 Å². The number of phenolic OH excluding ortho intramolecular Hbond substituents is 1. The molecule has 1 saturated heterocycles. The molecule has 0 amide bonds. The molecule has 1 fully saturated rings. The monoisotopic (exact) mass is 427 g/mol. The van der Waals surface area contributed by atoms with Crippen molar-refractivity contribution in [2.45, 2.75) is 31.5 Å². The first-order valence-electron chi connectivity index (χ1n) is 9.88. The number of rotatable bonds is 6. The second-order valence-electron chi connectivity index (χ2n) is 7.69. The molecule has 8 heteroatoms. The summed E-state index contributed by atoms with van der Waals surface area (Å²) < 4.78 is 6.50. The van der Waals surface area contributed by atoms with E-state index in [1.165, 1.54) is 10.7 Å². The second-order valence-corrected chi connectivity index (χ2v) is 8.63. The van der Waals surface area contributed by atoms with Crippen molar-refractivity contribution in [3.8, 4) is 22.1 Å². The average molecular weight is 428 g/mol. The number of hydrogen-bond acceptors (Lipinski definition) is 7. The standard InChI is InChI=1S/C22H25N3O4S/c1-29-17-5-4-16(19(26)13-17)14-24-10-8-22(28,9-11-24)15-25-21(27)7-6-18(23-25)20-3-2-12-30-20/h2-7,12-13,26,28H,8-11,14-15H2,1H3. The number of aromatic hydroxyl groups is 1. The number of ether oxygens (including phenoxy) is 1. The Bertz CT molecular complexity index is 1060. The molecule has 2 N–H and O–H groups in total. The summed E-state index contributed by atoms with van der Waals surface area (Å²) in [7, 11) is 1.57. The molecule has 3 heterocycles. The van der Waals surface area contributed by atoms with Crippen molar-refractivity contribution in [3.05, 3.63) is 63.8 Å². The van der Waals surface area contributed by atoms with Crippen LogP contribution in [0.25, 0.3) is 10.6 Å². The van der Waals surface area contributed by atoms with Crippen LogP contribution in [0.1, 0.15) is 18.4 Å². The van der Waals surface area contributed by atoms with Crippen LogP contribution in [0.3, 0.4) is 0 Å². The minimum Gasteiger partial charge on any atom is -0.507 e. The number of phenols is 1. The van der Waals surface area contributed by atoms with Crippen LogP contribution in [0, 0.1) is 0 Å². The van der Waals surface area contributed by atoms with E-state index >= 15 is 0 Å². The van der Waals surface area contributed by atoms with Crippen molar-refractivity contribution in [2.24, 2.45) is 0 Å². The van der Waals surface area contributed by atoms with Gasteiger partial charge < -0.3 is 14.9 Å². The van der Waals surface area contributed by atoms with Crippen LogP contribution in [0.5, 0.6) is 11.5 Å². The van der Waals surface area contributed by atoms with Crippen LogP contribution < -0.4 is 10.3 Å². The highest BCUT2D eigenvalue weighted by Crippen LogP contribution is 2.29. The number of aliphatic hydroxyl groups is 1. The molecule has 0 unspecified atom stereocenters. The van der Waals surface area contributed by atoms with Gasteiger partial charge in [-0.1, -0.05) is 12.1 Å². The van der Waals surface area contributed by atoms with Crippen molar-refractivity contribution < 1.29 is 14.9 Å². The summed E-state index contributed by atoms with van der Waals surface area (Å²) >= 11 is 1.56. The Labute approximate surface area is 178 Å². The molecule has 0 atom stereocenters. The van der Waals surface area contributed by atoms with Crippen LogP contribution in [0.2, 0.25) is 0 Å². The lowest BCUT2D eigenvalue weighted by Crippen LogP contribution is -2.48. The molecule has 0 radical (unpaired) electrons. The maximum absolute atomic E-state index is 12.3. The van der Waals surface area contributed by atoms with Gasteiger partial charge in [-0.25, -0.2) is 4.68 Å². The minimum absolute atomic E-state index is 0.173. The summed E-state index contributed by atoms with van der Waals surface area (Å²) in [5.41, 5.74) is 0.362. The fraction of sp³-hybridized carbons (Fsp3) is 0.364. The molecule has 0 aliphatic carbocycles. The summed E-state index contributed by atoms with van der Waals surface area (Å²) in [6, 6.07) is 12.4. The van der Waals surface area contributed by atoms with Gasteiger partial charge in [-0.05, 0) is 36.4 Å². The zero-order valence-corrected chi connectivity index (χ0v) is 17.6. The third kappa shape index (κ3) is 4.56. The Morgan fingerprint density at radius 1 is 1.20 bits per heavy atom. The molecule has 158 valence electrons. The first-order chi connectivity index (χ1) is 14.5. The molecular weight excluding hydrogens is 402 g/mol. The quantitative estimate of drug-likeness (QED) is 0.629. The molecule has 3 aromatic rings. The van der Waals surface area contributed by atoms with E-state index in [0.29, 0.717) is 38.2 Å². The number of thiophene rings is 1. The molecule has 0 spiro atoms. The van der Waals surface area contributed by atoms with Gasteiger partial charge in [0, 0.05) is 37.3 Å². The highest BCUT2D eigenvalue weighted by atomic mass is 32.1. The summed E-state index contributed by atoms with van der Waals surface area (Å²) in [6.07, 6.45) is 1.06. The number of nitrogens with zero attached hydrogens (tertiary/aromatic N) is 3. The first kappa shape index (κ1) is 20.6. The Morgan fingerprint density at radius 2 is 2.00 bits per heavy atom. The van der Waals surface area contributed by atoms with Crippen molar-refractivity contribution in [1.29, 1.82) is 0 Å². The molecule has 0 bridgehead atoms. The maximum Gasteiger partial charge on any atom is 0.266 e. The Morgan fingerprint density at radius 3 is 2.67 bits per heavy atom. The van der Waals surface area contributed by atoms with Crippen LogP contribution >= 0.6 is 11.3 Å². The summed E-state index contributed by atoms with van der Waals surface area (Å²) in [4.78, 5) is 15.5. The Balaban J connectivity index is 1.41. The topological polar surface area (TPSA) is 87.8 Å². The normalized spacial score (nSPS) is 16.5. The number of piperidine rings is 1. The minimum atomic E-state index is -0.983. The molecule has 4 rings (SSSR count). The Hall–Kier alpha value is -2.68. The third-order valence-electron chi connectivity index (χ3n) is 5.56. The molecular formula is C22H25N3O4S. The van der Waals surface area contributed by atoms with E-state index in [4.69, 9.17) is 4.74 Å². The fourth-order valence-electron chi connectivity index (χ4n) is 3.73. The molecule has 1 aliphatic rings. The van der Waals surface area contributed by atoms with Crippen LogP contribution in [-0.4, -0.2) is 50.7 Å². The molecule has 30 heavy (non-hydrogen) atoms. The van der Waals surface area contributed by atoms with Gasteiger partial charge in [0.15, 0.2) is 0 Å². The van der Waals surface area contributed by atoms with Gasteiger partial charge in [-0.3, -0.25) is 9.69 Å². The third-order valence-corrected chi connectivity index (χ3v) is 6.45. The maximum atomic E-state index is 12.3. The van der Waals surface area contributed by atoms with E-state index in [1.54, 1.807) is 30.6 Å². The van der Waals surface area contributed by atoms with Gasteiger partial charge in [0.25, 0.3) is 5.56 Å². The Kier molecular flexibility index (Phi) is 5.90. The summed E-state index contributed by atoms with van der Waals surface area (Å²) in [6.45, 7) is 2.10. The number of methoxy groups -OCH3 is 1. The summed E-state index contributed by atoms with van der Waals surface area (Å²) in [5, 5.41) is 27.7. The van der Waals surface area contributed by atoms with Crippen molar-refractivity contribution in [3.63, 3.8) is 0 Å². The smallest absolute Gasteiger partial charge is 0.266 e. The second kappa shape index (κ2) is 8.59. The van der Waals surface area contributed by atoms with Crippen LogP contribution in [0.4, 0.5) is 0 Å². The van der Waals surface area contributed by atoms with Crippen LogP contribution in [-0.2, 0) is 13.1 Å². The van der Waals surface area contributed by atoms with Gasteiger partial charge in [-0.15, -0.1) is 11.3 Å². The molecule has 1 aromatic carbocycles. The number of aromatic nitrogens is 2. The zero-order valence-electron chi connectivity index (χ0n) is 16.8. The van der Waals surface area contributed by atoms with Gasteiger partial charge in [0.1, 0.15) is 17.2 Å². The predicted molar refractivity (Wildman–Crippen MR) is 116 cm³/mol.